The fourth-order valence-corrected chi connectivity index (χ4v) is 1.81. The summed E-state index contributed by atoms with van der Waals surface area (Å²) in [5, 5.41) is 4.04. The Morgan fingerprint density at radius 2 is 2.14 bits per heavy atom. The summed E-state index contributed by atoms with van der Waals surface area (Å²) < 4.78 is 8.78. The molecule has 0 unspecified atom stereocenters. The molecule has 0 saturated carbocycles. The zero-order valence-electron chi connectivity index (χ0n) is 8.83. The molecule has 0 radical (unpaired) electrons. The molecule has 14 heavy (non-hydrogen) atoms. The van der Waals surface area contributed by atoms with Crippen LogP contribution in [0.3, 0.4) is 0 Å². The Bertz CT molecular complexity index is 328. The van der Waals surface area contributed by atoms with E-state index in [9.17, 15) is 4.79 Å². The van der Waals surface area contributed by atoms with Crippen LogP contribution in [0.5, 0.6) is 0 Å². The van der Waals surface area contributed by atoms with Gasteiger partial charge in [0.25, 0.3) is 0 Å². The molecule has 1 rings (SSSR count). The van der Waals surface area contributed by atoms with Gasteiger partial charge in [0.2, 0.25) is 0 Å². The highest BCUT2D eigenvalue weighted by atomic mass is 32.1. The van der Waals surface area contributed by atoms with Crippen molar-refractivity contribution in [3.8, 4) is 0 Å². The summed E-state index contributed by atoms with van der Waals surface area (Å²) >= 11 is 1.28. The summed E-state index contributed by atoms with van der Waals surface area (Å²) in [6.45, 7) is 7.84. The van der Waals surface area contributed by atoms with E-state index in [1.54, 1.807) is 0 Å². The Morgan fingerprint density at radius 1 is 1.50 bits per heavy atom. The van der Waals surface area contributed by atoms with Crippen molar-refractivity contribution in [1.29, 1.82) is 0 Å². The van der Waals surface area contributed by atoms with Gasteiger partial charge in [0.1, 0.15) is 6.61 Å². The van der Waals surface area contributed by atoms with Gasteiger partial charge in [0.05, 0.1) is 10.6 Å². The van der Waals surface area contributed by atoms with Gasteiger partial charge in [0, 0.05) is 12.3 Å². The molecule has 0 saturated heterocycles. The lowest BCUT2D eigenvalue weighted by Crippen LogP contribution is -2.15. The van der Waals surface area contributed by atoms with Crippen molar-refractivity contribution < 1.29 is 9.53 Å². The van der Waals surface area contributed by atoms with Crippen molar-refractivity contribution in [3.63, 3.8) is 0 Å². The van der Waals surface area contributed by atoms with Gasteiger partial charge < -0.3 is 4.74 Å². The van der Waals surface area contributed by atoms with Crippen LogP contribution >= 0.6 is 11.5 Å². The van der Waals surface area contributed by atoms with Gasteiger partial charge >= 0.3 is 5.97 Å². The second kappa shape index (κ2) is 4.04. The third-order valence-corrected chi connectivity index (χ3v) is 2.37. The fraction of sp³-hybridized carbons (Fsp3) is 0.667. The number of carbonyl (C=O) groups excluding carboxylic acids is 1. The first-order valence-corrected chi connectivity index (χ1v) is 5.13. The van der Waals surface area contributed by atoms with E-state index >= 15 is 0 Å². The van der Waals surface area contributed by atoms with Gasteiger partial charge in [-0.1, -0.05) is 25.3 Å². The largest absolute Gasteiger partial charge is 0.460 e. The molecule has 0 aliphatic rings. The molecule has 0 fully saturated rings. The standard InChI is InChI=1S/C9H14N2O2S/c1-6(12)13-5-7-8(9(2,3)4)10-11-14-7/h5H2,1-4H3. The van der Waals surface area contributed by atoms with Crippen molar-refractivity contribution in [3.05, 3.63) is 10.6 Å². The Balaban J connectivity index is 2.78. The third kappa shape index (κ3) is 2.77. The summed E-state index contributed by atoms with van der Waals surface area (Å²) in [4.78, 5) is 11.6. The molecule has 1 heterocycles. The first-order valence-electron chi connectivity index (χ1n) is 4.36. The molecule has 0 aromatic carbocycles. The predicted molar refractivity (Wildman–Crippen MR) is 54.1 cm³/mol. The van der Waals surface area contributed by atoms with Crippen LogP contribution in [-0.2, 0) is 21.6 Å². The number of hydrogen-bond acceptors (Lipinski definition) is 5. The van der Waals surface area contributed by atoms with Crippen LogP contribution < -0.4 is 0 Å². The van der Waals surface area contributed by atoms with Crippen LogP contribution in [0, 0.1) is 0 Å². The summed E-state index contributed by atoms with van der Waals surface area (Å²) in [5.41, 5.74) is 0.853. The zero-order chi connectivity index (χ0) is 10.8. The number of ether oxygens (including phenoxy) is 1. The smallest absolute Gasteiger partial charge is 0.302 e. The minimum absolute atomic E-state index is 0.0531. The van der Waals surface area contributed by atoms with Gasteiger partial charge in [-0.15, -0.1) is 5.10 Å². The summed E-state index contributed by atoms with van der Waals surface area (Å²) in [6.07, 6.45) is 0. The maximum absolute atomic E-state index is 10.6. The van der Waals surface area contributed by atoms with E-state index < -0.39 is 0 Å². The normalized spacial score (nSPS) is 11.4. The van der Waals surface area contributed by atoms with Crippen molar-refractivity contribution in [2.45, 2.75) is 39.7 Å². The topological polar surface area (TPSA) is 52.1 Å². The molecule has 0 aliphatic carbocycles. The second-order valence-electron chi connectivity index (χ2n) is 4.07. The molecule has 0 spiro atoms. The van der Waals surface area contributed by atoms with Crippen LogP contribution in [0.15, 0.2) is 0 Å². The van der Waals surface area contributed by atoms with Crippen molar-refractivity contribution in [2.24, 2.45) is 0 Å². The maximum atomic E-state index is 10.6. The summed E-state index contributed by atoms with van der Waals surface area (Å²) in [7, 11) is 0. The van der Waals surface area contributed by atoms with E-state index in [1.165, 1.54) is 18.5 Å². The number of carbonyl (C=O) groups is 1. The SMILES string of the molecule is CC(=O)OCc1snnc1C(C)(C)C. The highest BCUT2D eigenvalue weighted by molar-refractivity contribution is 7.05. The van der Waals surface area contributed by atoms with E-state index in [0.29, 0.717) is 0 Å². The van der Waals surface area contributed by atoms with Gasteiger partial charge in [-0.3, -0.25) is 4.79 Å². The molecule has 5 heteroatoms. The van der Waals surface area contributed by atoms with E-state index in [4.69, 9.17) is 4.74 Å². The predicted octanol–water partition coefficient (Wildman–Crippen LogP) is 1.90. The van der Waals surface area contributed by atoms with E-state index in [-0.39, 0.29) is 18.0 Å². The fourth-order valence-electron chi connectivity index (χ4n) is 1.04. The van der Waals surface area contributed by atoms with Crippen LogP contribution in [0.2, 0.25) is 0 Å². The Hall–Kier alpha value is -0.970. The van der Waals surface area contributed by atoms with Crippen molar-refractivity contribution in [1.82, 2.24) is 9.59 Å². The molecule has 0 aliphatic heterocycles. The molecule has 0 N–H and O–H groups in total. The van der Waals surface area contributed by atoms with E-state index in [1.807, 2.05) is 0 Å². The van der Waals surface area contributed by atoms with Crippen LogP contribution in [0.1, 0.15) is 38.3 Å². The summed E-state index contributed by atoms with van der Waals surface area (Å²) in [5.74, 6) is -0.279. The third-order valence-electron chi connectivity index (χ3n) is 1.67. The lowest BCUT2D eigenvalue weighted by molar-refractivity contribution is -0.142. The van der Waals surface area contributed by atoms with E-state index in [2.05, 4.69) is 30.4 Å². The van der Waals surface area contributed by atoms with Crippen molar-refractivity contribution >= 4 is 17.5 Å². The lowest BCUT2D eigenvalue weighted by Gasteiger charge is -2.16. The highest BCUT2D eigenvalue weighted by Gasteiger charge is 2.22. The number of nitrogens with zero attached hydrogens (tertiary/aromatic N) is 2. The second-order valence-corrected chi connectivity index (χ2v) is 4.91. The quantitative estimate of drug-likeness (QED) is 0.705. The van der Waals surface area contributed by atoms with Crippen molar-refractivity contribution in [2.75, 3.05) is 0 Å². The first-order chi connectivity index (χ1) is 6.41. The Morgan fingerprint density at radius 3 is 2.64 bits per heavy atom. The van der Waals surface area contributed by atoms with Crippen LogP contribution in [-0.4, -0.2) is 15.6 Å². The highest BCUT2D eigenvalue weighted by Crippen LogP contribution is 2.26. The zero-order valence-corrected chi connectivity index (χ0v) is 9.64. The number of hydrogen-bond donors (Lipinski definition) is 0. The lowest BCUT2D eigenvalue weighted by atomic mass is 9.91. The maximum Gasteiger partial charge on any atom is 0.302 e. The van der Waals surface area contributed by atoms with Crippen LogP contribution in [0.25, 0.3) is 0 Å². The van der Waals surface area contributed by atoms with Gasteiger partial charge in [-0.2, -0.15) is 0 Å². The number of rotatable bonds is 2. The molecular weight excluding hydrogens is 200 g/mol. The number of aromatic nitrogens is 2. The van der Waals surface area contributed by atoms with E-state index in [0.717, 1.165) is 10.6 Å². The monoisotopic (exact) mass is 214 g/mol. The first kappa shape index (κ1) is 11.1. The Labute approximate surface area is 87.5 Å². The molecule has 78 valence electrons. The molecule has 0 bridgehead atoms. The molecule has 0 amide bonds. The van der Waals surface area contributed by atoms with Gasteiger partial charge in [-0.05, 0) is 11.5 Å². The molecular formula is C9H14N2O2S. The van der Waals surface area contributed by atoms with Gasteiger partial charge in [0.15, 0.2) is 0 Å². The Kier molecular flexibility index (Phi) is 3.21. The average molecular weight is 214 g/mol. The molecule has 0 atom stereocenters. The molecule has 1 aromatic heterocycles. The minimum atomic E-state index is -0.279. The van der Waals surface area contributed by atoms with Crippen LogP contribution in [0.4, 0.5) is 0 Å². The summed E-state index contributed by atoms with van der Waals surface area (Å²) in [6, 6.07) is 0. The molecule has 4 nitrogen and oxygen atoms in total. The van der Waals surface area contributed by atoms with Gasteiger partial charge in [-0.25, -0.2) is 0 Å². The minimum Gasteiger partial charge on any atom is -0.460 e. The molecule has 1 aromatic rings. The average Bonchev–Trinajstić information content (AvgIpc) is 2.46. The number of esters is 1.